The summed E-state index contributed by atoms with van der Waals surface area (Å²) in [5.41, 5.74) is 0. The molecule has 0 unspecified atom stereocenters. The summed E-state index contributed by atoms with van der Waals surface area (Å²) in [4.78, 5) is 13.9. The molecular formula is C6H3Cl2NO2. The molecule has 0 atom stereocenters. The standard InChI is InChI=1S/C6H3Cl2NO2/c7-5-2-1-4(11-9-10)3-6(5)8/h1-3H. The maximum Gasteiger partial charge on any atom is 0.163 e. The van der Waals surface area contributed by atoms with Crippen molar-refractivity contribution < 1.29 is 4.84 Å². The highest BCUT2D eigenvalue weighted by atomic mass is 35.5. The largest absolute Gasteiger partial charge is 0.324 e. The van der Waals surface area contributed by atoms with Gasteiger partial charge < -0.3 is 4.84 Å². The maximum absolute atomic E-state index is 9.62. The third-order valence-electron chi connectivity index (χ3n) is 1.03. The minimum atomic E-state index is 0.273. The summed E-state index contributed by atoms with van der Waals surface area (Å²) in [7, 11) is 0. The van der Waals surface area contributed by atoms with Crippen LogP contribution in [-0.2, 0) is 0 Å². The van der Waals surface area contributed by atoms with E-state index in [9.17, 15) is 4.91 Å². The second-order valence-electron chi connectivity index (χ2n) is 1.74. The van der Waals surface area contributed by atoms with Crippen LogP contribution in [0.2, 0.25) is 10.0 Å². The third kappa shape index (κ3) is 2.06. The summed E-state index contributed by atoms with van der Waals surface area (Å²) in [5.74, 6) is 0.273. The van der Waals surface area contributed by atoms with E-state index in [2.05, 4.69) is 10.2 Å². The molecular weight excluding hydrogens is 189 g/mol. The fourth-order valence-electron chi connectivity index (χ4n) is 0.577. The van der Waals surface area contributed by atoms with Crippen LogP contribution >= 0.6 is 23.2 Å². The number of hydrogen-bond acceptors (Lipinski definition) is 3. The van der Waals surface area contributed by atoms with Gasteiger partial charge in [0.15, 0.2) is 11.1 Å². The SMILES string of the molecule is O=NOc1ccc(Cl)c(Cl)c1. The molecule has 0 N–H and O–H groups in total. The van der Waals surface area contributed by atoms with Crippen LogP contribution < -0.4 is 4.84 Å². The topological polar surface area (TPSA) is 38.7 Å². The smallest absolute Gasteiger partial charge is 0.163 e. The van der Waals surface area contributed by atoms with Gasteiger partial charge in [-0.1, -0.05) is 23.2 Å². The fraction of sp³-hybridized carbons (Fsp3) is 0. The second kappa shape index (κ2) is 3.55. The summed E-state index contributed by atoms with van der Waals surface area (Å²) in [5, 5.41) is 2.96. The number of benzene rings is 1. The zero-order valence-electron chi connectivity index (χ0n) is 5.25. The minimum Gasteiger partial charge on any atom is -0.324 e. The first-order valence-corrected chi connectivity index (χ1v) is 3.44. The lowest BCUT2D eigenvalue weighted by Crippen LogP contribution is -1.79. The van der Waals surface area contributed by atoms with Crippen molar-refractivity contribution in [1.82, 2.24) is 0 Å². The molecule has 0 aliphatic rings. The monoisotopic (exact) mass is 191 g/mol. The van der Waals surface area contributed by atoms with Crippen LogP contribution in [0.4, 0.5) is 0 Å². The number of nitrogens with zero attached hydrogens (tertiary/aromatic N) is 1. The molecule has 0 radical (unpaired) electrons. The number of halogens is 2. The maximum atomic E-state index is 9.62. The number of hydrogen-bond donors (Lipinski definition) is 0. The van der Waals surface area contributed by atoms with Gasteiger partial charge in [0.2, 0.25) is 0 Å². The van der Waals surface area contributed by atoms with Crippen molar-refractivity contribution >= 4 is 23.2 Å². The Morgan fingerprint density at radius 2 is 2.00 bits per heavy atom. The molecule has 1 aromatic carbocycles. The number of rotatable bonds is 2. The molecule has 3 nitrogen and oxygen atoms in total. The molecule has 58 valence electrons. The Balaban J connectivity index is 2.95. The van der Waals surface area contributed by atoms with Crippen molar-refractivity contribution in [3.63, 3.8) is 0 Å². The van der Waals surface area contributed by atoms with E-state index in [4.69, 9.17) is 23.2 Å². The summed E-state index contributed by atoms with van der Waals surface area (Å²) in [6.45, 7) is 0. The Bertz CT molecular complexity index is 277. The summed E-state index contributed by atoms with van der Waals surface area (Å²) in [6.07, 6.45) is 0. The molecule has 0 fully saturated rings. The molecule has 0 saturated heterocycles. The van der Waals surface area contributed by atoms with E-state index < -0.39 is 0 Å². The van der Waals surface area contributed by atoms with Gasteiger partial charge in [0.05, 0.1) is 10.0 Å². The normalized spacial score (nSPS) is 9.27. The quantitative estimate of drug-likeness (QED) is 0.533. The van der Waals surface area contributed by atoms with Gasteiger partial charge in [0, 0.05) is 6.07 Å². The zero-order chi connectivity index (χ0) is 8.27. The van der Waals surface area contributed by atoms with Crippen molar-refractivity contribution in [3.05, 3.63) is 33.2 Å². The van der Waals surface area contributed by atoms with Gasteiger partial charge in [-0.25, -0.2) is 0 Å². The zero-order valence-corrected chi connectivity index (χ0v) is 6.76. The van der Waals surface area contributed by atoms with Gasteiger partial charge in [-0.05, 0) is 12.1 Å². The fourth-order valence-corrected chi connectivity index (χ4v) is 0.865. The van der Waals surface area contributed by atoms with Crippen LogP contribution in [0.25, 0.3) is 0 Å². The van der Waals surface area contributed by atoms with Crippen LogP contribution in [0.1, 0.15) is 0 Å². The predicted octanol–water partition coefficient (Wildman–Crippen LogP) is 3.05. The molecule has 1 aromatic rings. The Morgan fingerprint density at radius 1 is 1.27 bits per heavy atom. The molecule has 0 bridgehead atoms. The van der Waals surface area contributed by atoms with E-state index in [1.807, 2.05) is 0 Å². The van der Waals surface area contributed by atoms with E-state index in [1.54, 1.807) is 0 Å². The van der Waals surface area contributed by atoms with Crippen LogP contribution in [0.15, 0.2) is 23.5 Å². The van der Waals surface area contributed by atoms with Crippen LogP contribution in [0.3, 0.4) is 0 Å². The van der Waals surface area contributed by atoms with Gasteiger partial charge in [-0.15, -0.1) is 4.91 Å². The van der Waals surface area contributed by atoms with Gasteiger partial charge >= 0.3 is 0 Å². The first-order chi connectivity index (χ1) is 5.24. The average molecular weight is 192 g/mol. The third-order valence-corrected chi connectivity index (χ3v) is 1.77. The highest BCUT2D eigenvalue weighted by Crippen LogP contribution is 2.26. The lowest BCUT2D eigenvalue weighted by atomic mass is 10.3. The van der Waals surface area contributed by atoms with Crippen LogP contribution in [0, 0.1) is 4.91 Å². The molecule has 0 amide bonds. The Kier molecular flexibility index (Phi) is 2.68. The van der Waals surface area contributed by atoms with Gasteiger partial charge in [0.1, 0.15) is 0 Å². The van der Waals surface area contributed by atoms with Crippen molar-refractivity contribution in [1.29, 1.82) is 0 Å². The van der Waals surface area contributed by atoms with E-state index in [0.717, 1.165) is 0 Å². The molecule has 0 saturated carbocycles. The van der Waals surface area contributed by atoms with Crippen molar-refractivity contribution in [2.24, 2.45) is 5.34 Å². The molecule has 0 aliphatic heterocycles. The molecule has 0 aliphatic carbocycles. The second-order valence-corrected chi connectivity index (χ2v) is 2.56. The first kappa shape index (κ1) is 8.30. The highest BCUT2D eigenvalue weighted by molar-refractivity contribution is 6.42. The minimum absolute atomic E-state index is 0.273. The molecule has 5 heteroatoms. The van der Waals surface area contributed by atoms with Gasteiger partial charge in [-0.3, -0.25) is 0 Å². The van der Waals surface area contributed by atoms with Crippen molar-refractivity contribution in [2.75, 3.05) is 0 Å². The van der Waals surface area contributed by atoms with E-state index in [-0.39, 0.29) is 5.75 Å². The van der Waals surface area contributed by atoms with Crippen LogP contribution in [-0.4, -0.2) is 0 Å². The Hall–Kier alpha value is -0.800. The summed E-state index contributed by atoms with van der Waals surface area (Å²) in [6, 6.07) is 4.42. The molecule has 1 rings (SSSR count). The Morgan fingerprint density at radius 3 is 2.55 bits per heavy atom. The lowest BCUT2D eigenvalue weighted by molar-refractivity contribution is 0.335. The highest BCUT2D eigenvalue weighted by Gasteiger charge is 1.99. The van der Waals surface area contributed by atoms with Crippen molar-refractivity contribution in [3.8, 4) is 5.75 Å². The van der Waals surface area contributed by atoms with Crippen LogP contribution in [0.5, 0.6) is 5.75 Å². The van der Waals surface area contributed by atoms with Crippen molar-refractivity contribution in [2.45, 2.75) is 0 Å². The molecule has 0 heterocycles. The van der Waals surface area contributed by atoms with Gasteiger partial charge in [-0.2, -0.15) is 0 Å². The van der Waals surface area contributed by atoms with E-state index in [0.29, 0.717) is 10.0 Å². The molecule has 0 aromatic heterocycles. The van der Waals surface area contributed by atoms with Gasteiger partial charge in [0.25, 0.3) is 0 Å². The summed E-state index contributed by atoms with van der Waals surface area (Å²) < 4.78 is 0. The average Bonchev–Trinajstić information content (AvgIpc) is 1.98. The molecule has 11 heavy (non-hydrogen) atoms. The Labute approximate surface area is 72.8 Å². The summed E-state index contributed by atoms with van der Waals surface area (Å²) >= 11 is 11.2. The lowest BCUT2D eigenvalue weighted by Gasteiger charge is -1.96. The van der Waals surface area contributed by atoms with E-state index in [1.165, 1.54) is 18.2 Å². The predicted molar refractivity (Wildman–Crippen MR) is 42.9 cm³/mol. The molecule has 0 spiro atoms. The first-order valence-electron chi connectivity index (χ1n) is 2.69. The van der Waals surface area contributed by atoms with E-state index >= 15 is 0 Å².